The summed E-state index contributed by atoms with van der Waals surface area (Å²) in [6, 6.07) is 4.07. The molecule has 0 spiro atoms. The Morgan fingerprint density at radius 1 is 1.43 bits per heavy atom. The lowest BCUT2D eigenvalue weighted by atomic mass is 10.2. The predicted molar refractivity (Wildman–Crippen MR) is 86.3 cm³/mol. The third-order valence-corrected chi connectivity index (χ3v) is 5.04. The van der Waals surface area contributed by atoms with Gasteiger partial charge in [0, 0.05) is 25.4 Å². The lowest BCUT2D eigenvalue weighted by Gasteiger charge is -2.13. The molecule has 8 heteroatoms. The second kappa shape index (κ2) is 7.76. The minimum atomic E-state index is -3.76. The van der Waals surface area contributed by atoms with E-state index in [9.17, 15) is 18.3 Å². The Morgan fingerprint density at radius 2 is 2.22 bits per heavy atom. The first-order valence-electron chi connectivity index (χ1n) is 7.66. The van der Waals surface area contributed by atoms with Gasteiger partial charge in [-0.2, -0.15) is 0 Å². The first-order valence-corrected chi connectivity index (χ1v) is 9.15. The molecule has 23 heavy (non-hydrogen) atoms. The van der Waals surface area contributed by atoms with Gasteiger partial charge in [0.25, 0.3) is 0 Å². The average molecular weight is 342 g/mol. The maximum atomic E-state index is 12.3. The van der Waals surface area contributed by atoms with Crippen LogP contribution in [0.25, 0.3) is 0 Å². The molecule has 0 saturated carbocycles. The van der Waals surface area contributed by atoms with Gasteiger partial charge in [0.1, 0.15) is 0 Å². The molecule has 0 amide bonds. The van der Waals surface area contributed by atoms with Crippen molar-refractivity contribution in [2.24, 2.45) is 0 Å². The Labute approximate surface area is 136 Å². The highest BCUT2D eigenvalue weighted by Gasteiger charge is 2.22. The number of benzene rings is 1. The van der Waals surface area contributed by atoms with Crippen LogP contribution in [0.1, 0.15) is 36.5 Å². The van der Waals surface area contributed by atoms with Crippen molar-refractivity contribution >= 4 is 21.7 Å². The number of hydrogen-bond donors (Lipinski definition) is 3. The van der Waals surface area contributed by atoms with Crippen LogP contribution in [0.15, 0.2) is 23.1 Å². The fourth-order valence-electron chi connectivity index (χ4n) is 2.37. The van der Waals surface area contributed by atoms with E-state index in [1.807, 2.05) is 6.92 Å². The van der Waals surface area contributed by atoms with Gasteiger partial charge in [0.05, 0.1) is 16.6 Å². The molecule has 1 aromatic rings. The van der Waals surface area contributed by atoms with Crippen LogP contribution in [-0.2, 0) is 14.8 Å². The third-order valence-electron chi connectivity index (χ3n) is 3.62. The number of nitrogens with one attached hydrogen (secondary N) is 2. The molecule has 0 aliphatic carbocycles. The highest BCUT2D eigenvalue weighted by atomic mass is 32.2. The average Bonchev–Trinajstić information content (AvgIpc) is 3.04. The summed E-state index contributed by atoms with van der Waals surface area (Å²) in [5.74, 6) is -1.17. The number of carboxylic acids is 1. The molecule has 0 radical (unpaired) electrons. The van der Waals surface area contributed by atoms with E-state index in [1.165, 1.54) is 18.2 Å². The number of hydrogen-bond acceptors (Lipinski definition) is 5. The Bertz CT molecular complexity index is 654. The second-order valence-corrected chi connectivity index (χ2v) is 7.19. The Kier molecular flexibility index (Phi) is 5.97. The molecule has 0 unspecified atom stereocenters. The number of carbonyl (C=O) groups is 1. The summed E-state index contributed by atoms with van der Waals surface area (Å²) in [7, 11) is -3.76. The largest absolute Gasteiger partial charge is 0.478 e. The number of aromatic carboxylic acids is 1. The van der Waals surface area contributed by atoms with Crippen molar-refractivity contribution < 1.29 is 23.1 Å². The monoisotopic (exact) mass is 342 g/mol. The minimum absolute atomic E-state index is 0.0570. The molecule has 2 rings (SSSR count). The summed E-state index contributed by atoms with van der Waals surface area (Å²) in [6.45, 7) is 3.42. The molecule has 0 bridgehead atoms. The van der Waals surface area contributed by atoms with Crippen molar-refractivity contribution in [2.75, 3.05) is 25.0 Å². The van der Waals surface area contributed by atoms with Gasteiger partial charge >= 0.3 is 5.97 Å². The summed E-state index contributed by atoms with van der Waals surface area (Å²) >= 11 is 0. The van der Waals surface area contributed by atoms with Gasteiger partial charge in [-0.3, -0.25) is 0 Å². The van der Waals surface area contributed by atoms with Gasteiger partial charge in [-0.15, -0.1) is 0 Å². The van der Waals surface area contributed by atoms with Gasteiger partial charge in [0.15, 0.2) is 0 Å². The van der Waals surface area contributed by atoms with E-state index in [-0.39, 0.29) is 23.1 Å². The molecule has 128 valence electrons. The van der Waals surface area contributed by atoms with Crippen molar-refractivity contribution in [1.29, 1.82) is 0 Å². The Balaban J connectivity index is 2.16. The maximum Gasteiger partial charge on any atom is 0.337 e. The van der Waals surface area contributed by atoms with E-state index in [0.29, 0.717) is 18.8 Å². The van der Waals surface area contributed by atoms with E-state index in [1.54, 1.807) is 0 Å². The fourth-order valence-corrected chi connectivity index (χ4v) is 3.46. The van der Waals surface area contributed by atoms with Crippen LogP contribution in [0.5, 0.6) is 0 Å². The standard InChI is InChI=1S/C15H22N2O5S/c1-2-7-16-14-6-5-12(9-13(14)15(18)19)23(20,21)17-10-11-4-3-8-22-11/h5-6,9,11,16-17H,2-4,7-8,10H2,1H3,(H,18,19)/t11-/m1/s1. The molecule has 1 saturated heterocycles. The van der Waals surface area contributed by atoms with E-state index < -0.39 is 16.0 Å². The van der Waals surface area contributed by atoms with Crippen LogP contribution in [0.3, 0.4) is 0 Å². The summed E-state index contributed by atoms with van der Waals surface area (Å²) in [4.78, 5) is 11.3. The Morgan fingerprint density at radius 3 is 2.83 bits per heavy atom. The molecule has 7 nitrogen and oxygen atoms in total. The van der Waals surface area contributed by atoms with Gasteiger partial charge in [0.2, 0.25) is 10.0 Å². The van der Waals surface area contributed by atoms with E-state index in [0.717, 1.165) is 19.3 Å². The van der Waals surface area contributed by atoms with E-state index >= 15 is 0 Å². The molecule has 3 N–H and O–H groups in total. The lowest BCUT2D eigenvalue weighted by Crippen LogP contribution is -2.32. The molecule has 1 fully saturated rings. The molecular formula is C15H22N2O5S. The maximum absolute atomic E-state index is 12.3. The molecule has 0 aromatic heterocycles. The van der Waals surface area contributed by atoms with Crippen LogP contribution in [-0.4, -0.2) is 45.3 Å². The Hall–Kier alpha value is -1.64. The zero-order valence-corrected chi connectivity index (χ0v) is 13.9. The number of sulfonamides is 1. The SMILES string of the molecule is CCCNc1ccc(S(=O)(=O)NC[C@H]2CCCO2)cc1C(=O)O. The van der Waals surface area contributed by atoms with Gasteiger partial charge < -0.3 is 15.2 Å². The number of ether oxygens (including phenoxy) is 1. The summed E-state index contributed by atoms with van der Waals surface area (Å²) < 4.78 is 32.5. The first-order chi connectivity index (χ1) is 10.9. The number of carboxylic acid groups (broad SMARTS) is 1. The van der Waals surface area contributed by atoms with E-state index in [2.05, 4.69) is 10.0 Å². The second-order valence-electron chi connectivity index (χ2n) is 5.43. The topological polar surface area (TPSA) is 105 Å². The number of anilines is 1. The van der Waals surface area contributed by atoms with Gasteiger partial charge in [-0.25, -0.2) is 17.9 Å². The molecule has 1 heterocycles. The smallest absolute Gasteiger partial charge is 0.337 e. The van der Waals surface area contributed by atoms with Crippen LogP contribution in [0, 0.1) is 0 Å². The van der Waals surface area contributed by atoms with Crippen molar-refractivity contribution in [2.45, 2.75) is 37.2 Å². The quantitative estimate of drug-likeness (QED) is 0.664. The molecule has 1 atom stereocenters. The van der Waals surface area contributed by atoms with Crippen molar-refractivity contribution in [3.63, 3.8) is 0 Å². The molecule has 1 aliphatic rings. The van der Waals surface area contributed by atoms with Crippen LogP contribution in [0.2, 0.25) is 0 Å². The first kappa shape index (κ1) is 17.7. The van der Waals surface area contributed by atoms with Crippen molar-refractivity contribution in [3.8, 4) is 0 Å². The third kappa shape index (κ3) is 4.66. The van der Waals surface area contributed by atoms with Gasteiger partial charge in [-0.1, -0.05) is 6.92 Å². The molecule has 1 aromatic carbocycles. The van der Waals surface area contributed by atoms with Gasteiger partial charge in [-0.05, 0) is 37.5 Å². The minimum Gasteiger partial charge on any atom is -0.478 e. The zero-order chi connectivity index (χ0) is 16.9. The fraction of sp³-hybridized carbons (Fsp3) is 0.533. The number of rotatable bonds is 8. The van der Waals surface area contributed by atoms with Crippen LogP contribution < -0.4 is 10.0 Å². The normalized spacial score (nSPS) is 18.0. The molecular weight excluding hydrogens is 320 g/mol. The van der Waals surface area contributed by atoms with Crippen molar-refractivity contribution in [3.05, 3.63) is 23.8 Å². The summed E-state index contributed by atoms with van der Waals surface area (Å²) in [5, 5.41) is 12.3. The van der Waals surface area contributed by atoms with Crippen LogP contribution in [0.4, 0.5) is 5.69 Å². The summed E-state index contributed by atoms with van der Waals surface area (Å²) in [6.07, 6.45) is 2.47. The van der Waals surface area contributed by atoms with Crippen molar-refractivity contribution in [1.82, 2.24) is 4.72 Å². The highest BCUT2D eigenvalue weighted by Crippen LogP contribution is 2.21. The highest BCUT2D eigenvalue weighted by molar-refractivity contribution is 7.89. The summed E-state index contributed by atoms with van der Waals surface area (Å²) in [5.41, 5.74) is 0.357. The van der Waals surface area contributed by atoms with Crippen LogP contribution >= 0.6 is 0 Å². The lowest BCUT2D eigenvalue weighted by molar-refractivity contribution is 0.0697. The predicted octanol–water partition coefficient (Wildman–Crippen LogP) is 1.66. The zero-order valence-electron chi connectivity index (χ0n) is 13.0. The van der Waals surface area contributed by atoms with E-state index in [4.69, 9.17) is 4.74 Å². The molecule has 1 aliphatic heterocycles.